The van der Waals surface area contributed by atoms with Gasteiger partial charge in [-0.25, -0.2) is 0 Å². The van der Waals surface area contributed by atoms with Crippen LogP contribution in [0.4, 0.5) is 13.2 Å². The van der Waals surface area contributed by atoms with Gasteiger partial charge in [-0.2, -0.15) is 18.4 Å². The van der Waals surface area contributed by atoms with Gasteiger partial charge in [0.25, 0.3) is 0 Å². The van der Waals surface area contributed by atoms with Crippen molar-refractivity contribution in [2.75, 3.05) is 0 Å². The second-order valence-electron chi connectivity index (χ2n) is 3.02. The molecule has 0 atom stereocenters. The van der Waals surface area contributed by atoms with Gasteiger partial charge >= 0.3 is 6.18 Å². The van der Waals surface area contributed by atoms with Crippen molar-refractivity contribution in [1.29, 1.82) is 5.26 Å². The lowest BCUT2D eigenvalue weighted by atomic mass is 10.0. The maximum Gasteiger partial charge on any atom is 0.417 e. The number of rotatable bonds is 1. The van der Waals surface area contributed by atoms with Crippen LogP contribution >= 0.6 is 15.9 Å². The lowest BCUT2D eigenvalue weighted by Crippen LogP contribution is -2.10. The maximum atomic E-state index is 12.5. The van der Waals surface area contributed by atoms with Gasteiger partial charge in [0, 0.05) is 10.0 Å². The fourth-order valence-electron chi connectivity index (χ4n) is 1.19. The van der Waals surface area contributed by atoms with Crippen LogP contribution in [-0.4, -0.2) is 5.78 Å². The van der Waals surface area contributed by atoms with E-state index in [2.05, 4.69) is 15.9 Å². The van der Waals surface area contributed by atoms with E-state index in [9.17, 15) is 18.0 Å². The van der Waals surface area contributed by atoms with E-state index in [1.165, 1.54) is 13.0 Å². The van der Waals surface area contributed by atoms with E-state index in [4.69, 9.17) is 5.26 Å². The summed E-state index contributed by atoms with van der Waals surface area (Å²) in [6, 6.07) is 3.23. The van der Waals surface area contributed by atoms with Gasteiger partial charge in [-0.05, 0) is 35.0 Å². The van der Waals surface area contributed by atoms with Crippen LogP contribution < -0.4 is 0 Å². The highest BCUT2D eigenvalue weighted by Crippen LogP contribution is 2.36. The smallest absolute Gasteiger partial charge is 0.294 e. The zero-order valence-electron chi connectivity index (χ0n) is 8.02. The molecule has 0 spiro atoms. The predicted molar refractivity (Wildman–Crippen MR) is 53.9 cm³/mol. The van der Waals surface area contributed by atoms with Gasteiger partial charge in [0.05, 0.1) is 11.1 Å². The van der Waals surface area contributed by atoms with Crippen LogP contribution in [0.1, 0.15) is 28.4 Å². The first kappa shape index (κ1) is 12.7. The molecule has 0 aromatic heterocycles. The van der Waals surface area contributed by atoms with Crippen molar-refractivity contribution in [3.8, 4) is 6.07 Å². The molecule has 1 aromatic carbocycles. The number of Topliss-reactive ketones (excluding diaryl/α,β-unsaturated/α-hetero) is 1. The van der Waals surface area contributed by atoms with Gasteiger partial charge in [0.2, 0.25) is 0 Å². The molecular weight excluding hydrogens is 287 g/mol. The van der Waals surface area contributed by atoms with Gasteiger partial charge in [0.1, 0.15) is 6.07 Å². The Morgan fingerprint density at radius 1 is 1.44 bits per heavy atom. The quantitative estimate of drug-likeness (QED) is 0.743. The summed E-state index contributed by atoms with van der Waals surface area (Å²) >= 11 is 2.84. The third-order valence-corrected chi connectivity index (χ3v) is 2.76. The van der Waals surface area contributed by atoms with Gasteiger partial charge in [-0.3, -0.25) is 4.79 Å². The van der Waals surface area contributed by atoms with Crippen LogP contribution in [0.3, 0.4) is 0 Å². The molecule has 0 aliphatic heterocycles. The number of carbonyl (C=O) groups is 1. The summed E-state index contributed by atoms with van der Waals surface area (Å²) in [5, 5.41) is 8.68. The molecule has 0 radical (unpaired) electrons. The topological polar surface area (TPSA) is 40.9 Å². The Balaban J connectivity index is 3.56. The molecule has 16 heavy (non-hydrogen) atoms. The van der Waals surface area contributed by atoms with E-state index in [0.29, 0.717) is 0 Å². The van der Waals surface area contributed by atoms with Crippen LogP contribution in [0.5, 0.6) is 0 Å². The van der Waals surface area contributed by atoms with E-state index in [1.54, 1.807) is 0 Å². The van der Waals surface area contributed by atoms with E-state index < -0.39 is 23.1 Å². The molecule has 0 saturated heterocycles. The van der Waals surface area contributed by atoms with Crippen molar-refractivity contribution in [2.45, 2.75) is 13.1 Å². The van der Waals surface area contributed by atoms with Crippen molar-refractivity contribution >= 4 is 21.7 Å². The molecule has 0 heterocycles. The Bertz CT molecular complexity index is 488. The Morgan fingerprint density at radius 2 is 2.00 bits per heavy atom. The van der Waals surface area contributed by atoms with E-state index in [0.717, 1.165) is 12.1 Å². The van der Waals surface area contributed by atoms with Crippen molar-refractivity contribution < 1.29 is 18.0 Å². The van der Waals surface area contributed by atoms with Gasteiger partial charge in [0.15, 0.2) is 5.78 Å². The third-order valence-electron chi connectivity index (χ3n) is 1.94. The summed E-state index contributed by atoms with van der Waals surface area (Å²) in [5.74, 6) is -0.405. The second-order valence-corrected chi connectivity index (χ2v) is 3.81. The molecule has 2 nitrogen and oxygen atoms in total. The summed E-state index contributed by atoms with van der Waals surface area (Å²) < 4.78 is 37.4. The van der Waals surface area contributed by atoms with E-state index >= 15 is 0 Å². The maximum absolute atomic E-state index is 12.5. The summed E-state index contributed by atoms with van der Waals surface area (Å²) in [6.45, 7) is 1.22. The summed E-state index contributed by atoms with van der Waals surface area (Å²) in [7, 11) is 0. The molecule has 0 fully saturated rings. The second kappa shape index (κ2) is 4.26. The van der Waals surface area contributed by atoms with Crippen molar-refractivity contribution in [3.05, 3.63) is 33.3 Å². The van der Waals surface area contributed by atoms with Crippen LogP contribution in [0.15, 0.2) is 16.6 Å². The van der Waals surface area contributed by atoms with E-state index in [-0.39, 0.29) is 10.0 Å². The lowest BCUT2D eigenvalue weighted by molar-refractivity contribution is -0.137. The summed E-state index contributed by atoms with van der Waals surface area (Å²) in [6.07, 6.45) is -4.61. The molecule has 0 saturated carbocycles. The third kappa shape index (κ3) is 2.25. The first-order chi connectivity index (χ1) is 7.29. The molecule has 0 amide bonds. The van der Waals surface area contributed by atoms with Gasteiger partial charge < -0.3 is 0 Å². The summed E-state index contributed by atoms with van der Waals surface area (Å²) in [4.78, 5) is 11.1. The van der Waals surface area contributed by atoms with Gasteiger partial charge in [-0.15, -0.1) is 0 Å². The Labute approximate surface area is 97.8 Å². The number of halogens is 4. The van der Waals surface area contributed by atoms with Gasteiger partial charge in [-0.1, -0.05) is 0 Å². The molecule has 1 aromatic rings. The molecule has 0 unspecified atom stereocenters. The van der Waals surface area contributed by atoms with Crippen LogP contribution in [0, 0.1) is 11.3 Å². The first-order valence-corrected chi connectivity index (χ1v) is 4.89. The molecule has 1 rings (SSSR count). The number of hydrogen-bond donors (Lipinski definition) is 0. The highest BCUT2D eigenvalue weighted by Gasteiger charge is 2.35. The molecule has 0 aliphatic carbocycles. The highest BCUT2D eigenvalue weighted by atomic mass is 79.9. The average molecular weight is 292 g/mol. The fourth-order valence-corrected chi connectivity index (χ4v) is 1.91. The molecule has 6 heteroatoms. The largest absolute Gasteiger partial charge is 0.417 e. The normalized spacial score (nSPS) is 11.0. The van der Waals surface area contributed by atoms with Crippen LogP contribution in [0.2, 0.25) is 0 Å². The Hall–Kier alpha value is -1.35. The number of carbonyl (C=O) groups excluding carboxylic acids is 1. The highest BCUT2D eigenvalue weighted by molar-refractivity contribution is 9.10. The Morgan fingerprint density at radius 3 is 2.38 bits per heavy atom. The first-order valence-electron chi connectivity index (χ1n) is 4.09. The minimum absolute atomic E-state index is 0.0598. The Kier molecular flexibility index (Phi) is 3.38. The zero-order chi connectivity index (χ0) is 12.5. The predicted octanol–water partition coefficient (Wildman–Crippen LogP) is 3.54. The fraction of sp³-hybridized carbons (Fsp3) is 0.200. The number of hydrogen-bond acceptors (Lipinski definition) is 2. The minimum Gasteiger partial charge on any atom is -0.294 e. The van der Waals surface area contributed by atoms with Crippen molar-refractivity contribution in [2.24, 2.45) is 0 Å². The molecule has 0 bridgehead atoms. The molecule has 0 aliphatic rings. The van der Waals surface area contributed by atoms with Crippen molar-refractivity contribution in [1.82, 2.24) is 0 Å². The average Bonchev–Trinajstić information content (AvgIpc) is 2.15. The number of nitrogens with zero attached hydrogens (tertiary/aromatic N) is 1. The standard InChI is InChI=1S/C10H5BrF3NO/c1-5(16)6-2-3-8(10(12,13)14)7(4-15)9(6)11/h2-3H,1H3. The number of ketones is 1. The number of benzene rings is 1. The van der Waals surface area contributed by atoms with E-state index in [1.807, 2.05) is 0 Å². The molecule has 84 valence electrons. The van der Waals surface area contributed by atoms with Crippen molar-refractivity contribution in [3.63, 3.8) is 0 Å². The molecule has 0 N–H and O–H groups in total. The van der Waals surface area contributed by atoms with Crippen LogP contribution in [-0.2, 0) is 6.18 Å². The minimum atomic E-state index is -4.61. The van der Waals surface area contributed by atoms with Crippen LogP contribution in [0.25, 0.3) is 0 Å². The number of alkyl halides is 3. The monoisotopic (exact) mass is 291 g/mol. The SMILES string of the molecule is CC(=O)c1ccc(C(F)(F)F)c(C#N)c1Br. The lowest BCUT2D eigenvalue weighted by Gasteiger charge is -2.11. The molecular formula is C10H5BrF3NO. The number of nitriles is 1. The zero-order valence-corrected chi connectivity index (χ0v) is 9.61. The summed E-state index contributed by atoms with van der Waals surface area (Å²) in [5.41, 5.74) is -1.56.